The number of aromatic nitrogens is 1. The Balaban J connectivity index is 2.13. The van der Waals surface area contributed by atoms with Crippen molar-refractivity contribution in [2.24, 2.45) is 0 Å². The second-order valence-electron chi connectivity index (χ2n) is 4.16. The first-order valence-corrected chi connectivity index (χ1v) is 5.75. The summed E-state index contributed by atoms with van der Waals surface area (Å²) in [4.78, 5) is 3.99. The summed E-state index contributed by atoms with van der Waals surface area (Å²) in [7, 11) is 0. The van der Waals surface area contributed by atoms with Crippen molar-refractivity contribution < 1.29 is 13.2 Å². The summed E-state index contributed by atoms with van der Waals surface area (Å²) in [6.45, 7) is 0. The normalized spacial score (nSPS) is 10.9. The van der Waals surface area contributed by atoms with Gasteiger partial charge in [-0.1, -0.05) is 12.1 Å². The Bertz CT molecular complexity index is 627. The maximum Gasteiger partial charge on any atom is 0.393 e. The molecule has 0 saturated heterocycles. The third-order valence-corrected chi connectivity index (χ3v) is 2.50. The van der Waals surface area contributed by atoms with Crippen LogP contribution in [0.1, 0.15) is 11.1 Å². The standard InChI is InChI=1S/C14H10F3N3/c15-14(16,17)7-10-2-1-3-12(6-10)20-13-5-4-11(8-18)9-19-13/h1-6,9H,7H2,(H,19,20). The molecule has 2 aromatic rings. The van der Waals surface area contributed by atoms with Crippen molar-refractivity contribution in [3.63, 3.8) is 0 Å². The summed E-state index contributed by atoms with van der Waals surface area (Å²) >= 11 is 0. The first-order chi connectivity index (χ1) is 9.46. The van der Waals surface area contributed by atoms with Crippen molar-refractivity contribution in [1.29, 1.82) is 5.26 Å². The second-order valence-corrected chi connectivity index (χ2v) is 4.16. The van der Waals surface area contributed by atoms with Crippen LogP contribution in [0.5, 0.6) is 0 Å². The van der Waals surface area contributed by atoms with Crippen molar-refractivity contribution in [3.8, 4) is 6.07 Å². The van der Waals surface area contributed by atoms with Gasteiger partial charge in [-0.05, 0) is 29.8 Å². The minimum absolute atomic E-state index is 0.177. The van der Waals surface area contributed by atoms with Gasteiger partial charge in [0.05, 0.1) is 12.0 Å². The predicted octanol–water partition coefficient (Wildman–Crippen LogP) is 3.80. The van der Waals surface area contributed by atoms with Crippen molar-refractivity contribution in [3.05, 3.63) is 53.7 Å². The summed E-state index contributed by atoms with van der Waals surface area (Å²) in [5.74, 6) is 0.466. The lowest BCUT2D eigenvalue weighted by molar-refractivity contribution is -0.127. The zero-order valence-corrected chi connectivity index (χ0v) is 10.3. The van der Waals surface area contributed by atoms with E-state index in [-0.39, 0.29) is 5.56 Å². The number of pyridine rings is 1. The van der Waals surface area contributed by atoms with Crippen LogP contribution in [0, 0.1) is 11.3 Å². The van der Waals surface area contributed by atoms with Crippen LogP contribution < -0.4 is 5.32 Å². The van der Waals surface area contributed by atoms with Crippen LogP contribution in [-0.2, 0) is 6.42 Å². The smallest absolute Gasteiger partial charge is 0.340 e. The molecule has 2 rings (SSSR count). The summed E-state index contributed by atoms with van der Waals surface area (Å²) in [5.41, 5.74) is 1.11. The molecule has 0 aliphatic rings. The number of hydrogen-bond acceptors (Lipinski definition) is 3. The van der Waals surface area contributed by atoms with Crippen LogP contribution in [0.2, 0.25) is 0 Å². The first-order valence-electron chi connectivity index (χ1n) is 5.75. The molecule has 3 nitrogen and oxygen atoms in total. The zero-order chi connectivity index (χ0) is 14.6. The number of nitrogens with one attached hydrogen (secondary N) is 1. The van der Waals surface area contributed by atoms with Gasteiger partial charge in [0.1, 0.15) is 11.9 Å². The van der Waals surface area contributed by atoms with Crippen LogP contribution in [0.3, 0.4) is 0 Å². The van der Waals surface area contributed by atoms with Gasteiger partial charge in [0.15, 0.2) is 0 Å². The molecule has 0 unspecified atom stereocenters. The van der Waals surface area contributed by atoms with Gasteiger partial charge < -0.3 is 5.32 Å². The number of benzene rings is 1. The average Bonchev–Trinajstić information content (AvgIpc) is 2.38. The SMILES string of the molecule is N#Cc1ccc(Nc2cccc(CC(F)(F)F)c2)nc1. The fourth-order valence-corrected chi connectivity index (χ4v) is 1.67. The van der Waals surface area contributed by atoms with Crippen LogP contribution in [0.4, 0.5) is 24.7 Å². The molecule has 0 spiro atoms. The quantitative estimate of drug-likeness (QED) is 0.928. The fraction of sp³-hybridized carbons (Fsp3) is 0.143. The van der Waals surface area contributed by atoms with Gasteiger partial charge in [-0.15, -0.1) is 0 Å². The van der Waals surface area contributed by atoms with E-state index in [1.807, 2.05) is 6.07 Å². The molecule has 0 aliphatic carbocycles. The Morgan fingerprint density at radius 2 is 2.00 bits per heavy atom. The Labute approximate surface area is 113 Å². The molecule has 20 heavy (non-hydrogen) atoms. The molecule has 1 N–H and O–H groups in total. The van der Waals surface area contributed by atoms with Gasteiger partial charge in [-0.25, -0.2) is 4.98 Å². The van der Waals surface area contributed by atoms with E-state index in [1.165, 1.54) is 18.3 Å². The summed E-state index contributed by atoms with van der Waals surface area (Å²) < 4.78 is 37.0. The van der Waals surface area contributed by atoms with Crippen LogP contribution >= 0.6 is 0 Å². The summed E-state index contributed by atoms with van der Waals surface area (Å²) in [5, 5.41) is 11.5. The molecular formula is C14H10F3N3. The van der Waals surface area contributed by atoms with Crippen LogP contribution in [0.15, 0.2) is 42.6 Å². The van der Waals surface area contributed by atoms with Gasteiger partial charge in [0.2, 0.25) is 0 Å². The molecule has 0 saturated carbocycles. The molecule has 0 amide bonds. The third-order valence-electron chi connectivity index (χ3n) is 2.50. The van der Waals surface area contributed by atoms with Gasteiger partial charge in [0.25, 0.3) is 0 Å². The van der Waals surface area contributed by atoms with E-state index in [9.17, 15) is 13.2 Å². The van der Waals surface area contributed by atoms with Gasteiger partial charge in [0, 0.05) is 11.9 Å². The molecular weight excluding hydrogens is 267 g/mol. The summed E-state index contributed by atoms with van der Waals surface area (Å²) in [6.07, 6.45) is -3.81. The number of halogens is 3. The van der Waals surface area contributed by atoms with E-state index in [0.717, 1.165) is 0 Å². The van der Waals surface area contributed by atoms with Crippen molar-refractivity contribution >= 4 is 11.5 Å². The predicted molar refractivity (Wildman–Crippen MR) is 68.4 cm³/mol. The fourth-order valence-electron chi connectivity index (χ4n) is 1.67. The van der Waals surface area contributed by atoms with E-state index in [4.69, 9.17) is 5.26 Å². The maximum absolute atomic E-state index is 12.3. The van der Waals surface area contributed by atoms with Crippen molar-refractivity contribution in [1.82, 2.24) is 4.98 Å². The van der Waals surface area contributed by atoms with E-state index >= 15 is 0 Å². The minimum atomic E-state index is -4.23. The molecule has 102 valence electrons. The van der Waals surface area contributed by atoms with E-state index < -0.39 is 12.6 Å². The molecule has 0 atom stereocenters. The highest BCUT2D eigenvalue weighted by Crippen LogP contribution is 2.23. The lowest BCUT2D eigenvalue weighted by atomic mass is 10.1. The van der Waals surface area contributed by atoms with Crippen molar-refractivity contribution in [2.75, 3.05) is 5.32 Å². The average molecular weight is 277 g/mol. The molecule has 6 heteroatoms. The number of hydrogen-bond donors (Lipinski definition) is 1. The largest absolute Gasteiger partial charge is 0.393 e. The van der Waals surface area contributed by atoms with Crippen LogP contribution in [-0.4, -0.2) is 11.2 Å². The number of nitrogens with zero attached hydrogens (tertiary/aromatic N) is 2. The van der Waals surface area contributed by atoms with Crippen LogP contribution in [0.25, 0.3) is 0 Å². The third kappa shape index (κ3) is 3.99. The molecule has 1 aromatic heterocycles. The number of nitriles is 1. The Morgan fingerprint density at radius 1 is 1.20 bits per heavy atom. The van der Waals surface area contributed by atoms with Gasteiger partial charge >= 0.3 is 6.18 Å². The highest BCUT2D eigenvalue weighted by Gasteiger charge is 2.27. The molecule has 0 fully saturated rings. The monoisotopic (exact) mass is 277 g/mol. The lowest BCUT2D eigenvalue weighted by Crippen LogP contribution is -2.11. The van der Waals surface area contributed by atoms with Gasteiger partial charge in [-0.3, -0.25) is 0 Å². The molecule has 0 bridgehead atoms. The Morgan fingerprint density at radius 3 is 2.60 bits per heavy atom. The zero-order valence-electron chi connectivity index (χ0n) is 10.3. The second kappa shape index (κ2) is 5.61. The topological polar surface area (TPSA) is 48.7 Å². The number of rotatable bonds is 3. The van der Waals surface area contributed by atoms with Crippen molar-refractivity contribution in [2.45, 2.75) is 12.6 Å². The van der Waals surface area contributed by atoms with E-state index in [0.29, 0.717) is 17.1 Å². The van der Waals surface area contributed by atoms with E-state index in [2.05, 4.69) is 10.3 Å². The Hall–Kier alpha value is -2.55. The molecule has 1 heterocycles. The maximum atomic E-state index is 12.3. The molecule has 0 radical (unpaired) electrons. The number of anilines is 2. The van der Waals surface area contributed by atoms with E-state index in [1.54, 1.807) is 24.3 Å². The number of alkyl halides is 3. The minimum Gasteiger partial charge on any atom is -0.340 e. The first kappa shape index (κ1) is 13.9. The summed E-state index contributed by atoms with van der Waals surface area (Å²) in [6, 6.07) is 11.2. The van der Waals surface area contributed by atoms with Gasteiger partial charge in [-0.2, -0.15) is 18.4 Å². The molecule has 0 aliphatic heterocycles. The Kier molecular flexibility index (Phi) is 3.89. The highest BCUT2D eigenvalue weighted by atomic mass is 19.4. The lowest BCUT2D eigenvalue weighted by Gasteiger charge is -2.09. The highest BCUT2D eigenvalue weighted by molar-refractivity contribution is 5.57. The molecule has 1 aromatic carbocycles.